The highest BCUT2D eigenvalue weighted by molar-refractivity contribution is 5.73. The van der Waals surface area contributed by atoms with Gasteiger partial charge in [-0.05, 0) is 112 Å². The van der Waals surface area contributed by atoms with E-state index in [-0.39, 0.29) is 46.1 Å². The van der Waals surface area contributed by atoms with Gasteiger partial charge in [-0.1, -0.05) is 36.8 Å². The predicted octanol–water partition coefficient (Wildman–Crippen LogP) is 7.62. The highest BCUT2D eigenvalue weighted by Crippen LogP contribution is 2.48. The first-order valence-electron chi connectivity index (χ1n) is 14.3. The van der Waals surface area contributed by atoms with Gasteiger partial charge in [0.2, 0.25) is 0 Å². The van der Waals surface area contributed by atoms with E-state index in [4.69, 9.17) is 9.68 Å². The van der Waals surface area contributed by atoms with Gasteiger partial charge in [0.1, 0.15) is 6.10 Å². The monoisotopic (exact) mass is 498 g/mol. The number of hydrogen-bond acceptors (Lipinski definition) is 5. The minimum absolute atomic E-state index is 0.0642. The zero-order valence-electron chi connectivity index (χ0n) is 24.1. The molecular weight excluding hydrogens is 448 g/mol. The van der Waals surface area contributed by atoms with Gasteiger partial charge in [-0.25, -0.2) is 0 Å². The van der Waals surface area contributed by atoms with Crippen LogP contribution in [0.4, 0.5) is 0 Å². The van der Waals surface area contributed by atoms with Crippen molar-refractivity contribution in [1.29, 1.82) is 0 Å². The molecule has 0 bridgehead atoms. The molecule has 2 aliphatic heterocycles. The summed E-state index contributed by atoms with van der Waals surface area (Å²) in [4.78, 5) is 27.2. The summed E-state index contributed by atoms with van der Waals surface area (Å²) in [5, 5.41) is 4.27. The molecule has 202 valence electrons. The molecule has 3 atom stereocenters. The van der Waals surface area contributed by atoms with Crippen LogP contribution >= 0.6 is 0 Å². The topological polar surface area (TPSA) is 42.0 Å². The largest absolute Gasteiger partial charge is 0.367 e. The van der Waals surface area contributed by atoms with Crippen molar-refractivity contribution in [3.05, 3.63) is 35.9 Å². The van der Waals surface area contributed by atoms with Gasteiger partial charge in [0.05, 0.1) is 17.0 Å². The number of benzene rings is 1. The molecule has 2 heterocycles. The molecule has 5 heteroatoms. The molecule has 0 radical (unpaired) electrons. The van der Waals surface area contributed by atoms with E-state index in [1.807, 2.05) is 5.06 Å². The Morgan fingerprint density at radius 2 is 1.25 bits per heavy atom. The molecular formula is C31H50N2O3. The fourth-order valence-electron chi connectivity index (χ4n) is 7.43. The fraction of sp³-hybridized carbons (Fsp3) is 0.774. The van der Waals surface area contributed by atoms with Crippen LogP contribution < -0.4 is 0 Å². The van der Waals surface area contributed by atoms with E-state index in [0.29, 0.717) is 0 Å². The minimum atomic E-state index is -0.176. The van der Waals surface area contributed by atoms with Crippen LogP contribution in [-0.2, 0) is 14.5 Å². The summed E-state index contributed by atoms with van der Waals surface area (Å²) in [5.74, 6) is -0.161. The first-order chi connectivity index (χ1) is 16.7. The Balaban J connectivity index is 1.62. The highest BCUT2D eigenvalue weighted by atomic mass is 16.7. The molecule has 5 nitrogen and oxygen atoms in total. The summed E-state index contributed by atoms with van der Waals surface area (Å²) in [6, 6.07) is 10.5. The molecule has 3 unspecified atom stereocenters. The second-order valence-corrected chi connectivity index (χ2v) is 14.1. The highest BCUT2D eigenvalue weighted by Gasteiger charge is 2.50. The molecule has 1 aromatic rings. The third-order valence-electron chi connectivity index (χ3n) is 9.14. The summed E-state index contributed by atoms with van der Waals surface area (Å²) in [5.41, 5.74) is 0.694. The number of piperidine rings is 2. The van der Waals surface area contributed by atoms with Crippen molar-refractivity contribution in [1.82, 2.24) is 10.1 Å². The Morgan fingerprint density at radius 1 is 0.750 bits per heavy atom. The summed E-state index contributed by atoms with van der Waals surface area (Å²) in [6.07, 6.45) is 9.32. The second kappa shape index (κ2) is 10.0. The van der Waals surface area contributed by atoms with Crippen LogP contribution in [0.5, 0.6) is 0 Å². The van der Waals surface area contributed by atoms with Crippen LogP contribution in [0.25, 0.3) is 0 Å². The van der Waals surface area contributed by atoms with Crippen molar-refractivity contribution in [3.63, 3.8) is 0 Å². The van der Waals surface area contributed by atoms with Crippen molar-refractivity contribution in [2.24, 2.45) is 11.8 Å². The van der Waals surface area contributed by atoms with Gasteiger partial charge >= 0.3 is 5.97 Å². The second-order valence-electron chi connectivity index (χ2n) is 14.1. The Hall–Kier alpha value is -1.43. The van der Waals surface area contributed by atoms with E-state index in [1.165, 1.54) is 6.42 Å². The van der Waals surface area contributed by atoms with E-state index in [9.17, 15) is 4.79 Å². The molecule has 4 rings (SSSR count). The smallest absolute Gasteiger partial charge is 0.328 e. The molecule has 0 spiro atoms. The molecule has 1 saturated carbocycles. The summed E-state index contributed by atoms with van der Waals surface area (Å²) in [6.45, 7) is 17.9. The van der Waals surface area contributed by atoms with Gasteiger partial charge in [0.25, 0.3) is 0 Å². The number of nitrogens with zero attached hydrogens (tertiary/aromatic N) is 2. The van der Waals surface area contributed by atoms with Crippen LogP contribution in [0.2, 0.25) is 0 Å². The minimum Gasteiger partial charge on any atom is -0.367 e. The van der Waals surface area contributed by atoms with Gasteiger partial charge < -0.3 is 4.84 Å². The van der Waals surface area contributed by atoms with Crippen LogP contribution in [-0.4, -0.2) is 38.3 Å². The lowest BCUT2D eigenvalue weighted by atomic mass is 9.81. The van der Waals surface area contributed by atoms with E-state index in [1.54, 1.807) is 0 Å². The first kappa shape index (κ1) is 27.6. The molecule has 0 amide bonds. The number of carbonyl (C=O) groups excluding carboxylic acids is 1. The Bertz CT molecular complexity index is 876. The average molecular weight is 499 g/mol. The molecule has 36 heavy (non-hydrogen) atoms. The quantitative estimate of drug-likeness (QED) is 0.403. The zero-order chi connectivity index (χ0) is 26.4. The van der Waals surface area contributed by atoms with Gasteiger partial charge in [-0.3, -0.25) is 9.63 Å². The molecule has 0 aromatic heterocycles. The van der Waals surface area contributed by atoms with Crippen LogP contribution in [0.15, 0.2) is 30.3 Å². The summed E-state index contributed by atoms with van der Waals surface area (Å²) >= 11 is 0. The lowest BCUT2D eigenvalue weighted by Crippen LogP contribution is -2.59. The Morgan fingerprint density at radius 3 is 1.78 bits per heavy atom. The van der Waals surface area contributed by atoms with E-state index >= 15 is 0 Å². The number of rotatable bonds is 6. The SMILES string of the molecule is CC1(C)CCCC(C)(C)N1OC(=O)C1CCCC1C(ON1C(C)(C)CCCC1(C)C)c1ccccc1. The van der Waals surface area contributed by atoms with Gasteiger partial charge in [-0.2, -0.15) is 5.06 Å². The van der Waals surface area contributed by atoms with Crippen molar-refractivity contribution < 1.29 is 14.5 Å². The lowest BCUT2D eigenvalue weighted by molar-refractivity contribution is -0.318. The molecule has 3 aliphatic rings. The van der Waals surface area contributed by atoms with Crippen molar-refractivity contribution in [3.8, 4) is 0 Å². The predicted molar refractivity (Wildman–Crippen MR) is 145 cm³/mol. The molecule has 2 saturated heterocycles. The van der Waals surface area contributed by atoms with E-state index in [2.05, 4.69) is 90.8 Å². The average Bonchev–Trinajstić information content (AvgIpc) is 3.25. The number of hydroxylamine groups is 4. The van der Waals surface area contributed by atoms with Crippen LogP contribution in [0.1, 0.15) is 125 Å². The maximum atomic E-state index is 13.8. The molecule has 3 fully saturated rings. The van der Waals surface area contributed by atoms with Crippen molar-refractivity contribution in [2.45, 2.75) is 141 Å². The van der Waals surface area contributed by atoms with E-state index < -0.39 is 0 Å². The van der Waals surface area contributed by atoms with Gasteiger partial charge in [-0.15, -0.1) is 5.06 Å². The standard InChI is InChI=1S/C31H50N2O3/c1-28(2)19-13-20-29(3,4)32(28)35-26(23-15-10-9-11-16-23)24-17-12-18-25(24)27(34)36-33-30(5,6)21-14-22-31(33,7)8/h9-11,15-16,24-26H,12-14,17-22H2,1-8H3. The van der Waals surface area contributed by atoms with Crippen molar-refractivity contribution >= 4 is 5.97 Å². The molecule has 0 N–H and O–H groups in total. The van der Waals surface area contributed by atoms with Crippen LogP contribution in [0, 0.1) is 11.8 Å². The summed E-state index contributed by atoms with van der Waals surface area (Å²) in [7, 11) is 0. The fourth-order valence-corrected chi connectivity index (χ4v) is 7.43. The lowest BCUT2D eigenvalue weighted by Gasteiger charge is -2.53. The molecule has 1 aromatic carbocycles. The van der Waals surface area contributed by atoms with Gasteiger partial charge in [0, 0.05) is 17.0 Å². The third kappa shape index (κ3) is 5.54. The maximum Gasteiger partial charge on any atom is 0.328 e. The molecule has 1 aliphatic carbocycles. The zero-order valence-corrected chi connectivity index (χ0v) is 24.1. The summed E-state index contributed by atoms with van der Waals surface area (Å²) < 4.78 is 0. The van der Waals surface area contributed by atoms with Crippen molar-refractivity contribution in [2.75, 3.05) is 0 Å². The third-order valence-corrected chi connectivity index (χ3v) is 9.14. The Labute approximate surface area is 219 Å². The van der Waals surface area contributed by atoms with Gasteiger partial charge in [0.15, 0.2) is 0 Å². The maximum absolute atomic E-state index is 13.8. The number of carbonyl (C=O) groups is 1. The number of hydrogen-bond donors (Lipinski definition) is 0. The normalized spacial score (nSPS) is 30.6. The van der Waals surface area contributed by atoms with E-state index in [0.717, 1.165) is 56.9 Å². The van der Waals surface area contributed by atoms with Crippen LogP contribution in [0.3, 0.4) is 0 Å². The first-order valence-corrected chi connectivity index (χ1v) is 14.3. The Kier molecular flexibility index (Phi) is 7.69.